The lowest BCUT2D eigenvalue weighted by Crippen LogP contribution is -2.41. The van der Waals surface area contributed by atoms with Crippen LogP contribution in [0.15, 0.2) is 24.3 Å². The number of hydrogen-bond donors (Lipinski definition) is 1. The van der Waals surface area contributed by atoms with Crippen molar-refractivity contribution in [2.24, 2.45) is 5.73 Å². The molecule has 5 heteroatoms. The van der Waals surface area contributed by atoms with Crippen molar-refractivity contribution in [3.8, 4) is 0 Å². The molecule has 1 heterocycles. The number of carbonyl (C=O) groups excluding carboxylic acids is 2. The Hall–Kier alpha value is -2.04. The predicted octanol–water partition coefficient (Wildman–Crippen LogP) is 0.629. The summed E-state index contributed by atoms with van der Waals surface area (Å²) in [7, 11) is 0. The molecule has 2 N–H and O–H groups in total. The zero-order chi connectivity index (χ0) is 10.8. The van der Waals surface area contributed by atoms with Crippen LogP contribution in [0.1, 0.15) is 5.56 Å². The van der Waals surface area contributed by atoms with E-state index in [9.17, 15) is 9.59 Å². The van der Waals surface area contributed by atoms with Gasteiger partial charge >= 0.3 is 6.09 Å². The van der Waals surface area contributed by atoms with Crippen molar-refractivity contribution in [1.82, 2.24) is 0 Å². The Morgan fingerprint density at radius 2 is 2.20 bits per heavy atom. The zero-order valence-corrected chi connectivity index (χ0v) is 7.97. The van der Waals surface area contributed by atoms with Crippen LogP contribution in [0.4, 0.5) is 10.5 Å². The number of rotatable bonds is 2. The van der Waals surface area contributed by atoms with Gasteiger partial charge in [-0.15, -0.1) is 0 Å². The van der Waals surface area contributed by atoms with Crippen molar-refractivity contribution in [1.29, 1.82) is 0 Å². The van der Waals surface area contributed by atoms with Crippen molar-refractivity contribution in [2.45, 2.75) is 6.61 Å². The third kappa shape index (κ3) is 1.76. The fraction of sp³-hybridized carbons (Fsp3) is 0.200. The Kier molecular flexibility index (Phi) is 2.29. The third-order valence-corrected chi connectivity index (χ3v) is 2.17. The van der Waals surface area contributed by atoms with Crippen LogP contribution in [-0.4, -0.2) is 18.5 Å². The molecular formula is C10H10N2O3. The van der Waals surface area contributed by atoms with Crippen LogP contribution < -0.4 is 10.6 Å². The highest BCUT2D eigenvalue weighted by atomic mass is 16.6. The number of carbonyl (C=O) groups is 2. The third-order valence-electron chi connectivity index (χ3n) is 2.17. The summed E-state index contributed by atoms with van der Waals surface area (Å²) >= 11 is 0. The number of hydrogen-bond acceptors (Lipinski definition) is 3. The molecule has 0 saturated carbocycles. The summed E-state index contributed by atoms with van der Waals surface area (Å²) in [6.45, 7) is 0.0834. The molecule has 0 aliphatic carbocycles. The van der Waals surface area contributed by atoms with Gasteiger partial charge < -0.3 is 10.5 Å². The van der Waals surface area contributed by atoms with E-state index in [1.807, 2.05) is 12.1 Å². The summed E-state index contributed by atoms with van der Waals surface area (Å²) in [5.41, 5.74) is 6.62. The molecule has 1 aromatic carbocycles. The van der Waals surface area contributed by atoms with Gasteiger partial charge in [-0.05, 0) is 6.07 Å². The van der Waals surface area contributed by atoms with E-state index in [0.29, 0.717) is 5.69 Å². The fourth-order valence-electron chi connectivity index (χ4n) is 1.52. The van der Waals surface area contributed by atoms with Crippen LogP contribution in [-0.2, 0) is 16.1 Å². The minimum absolute atomic E-state index is 0.157. The molecule has 0 saturated heterocycles. The number of ether oxygens (including phenoxy) is 1. The highest BCUT2D eigenvalue weighted by molar-refractivity contribution is 5.96. The molecule has 1 aromatic rings. The molecule has 1 aliphatic rings. The van der Waals surface area contributed by atoms with Crippen molar-refractivity contribution < 1.29 is 14.3 Å². The molecule has 5 nitrogen and oxygen atoms in total. The Morgan fingerprint density at radius 1 is 1.47 bits per heavy atom. The first kappa shape index (κ1) is 9.51. The molecule has 2 rings (SSSR count). The molecule has 0 atom stereocenters. The lowest BCUT2D eigenvalue weighted by Gasteiger charge is -2.27. The number of para-hydroxylation sites is 1. The van der Waals surface area contributed by atoms with Crippen molar-refractivity contribution in [3.05, 3.63) is 29.8 Å². The molecular weight excluding hydrogens is 196 g/mol. The Balaban J connectivity index is 2.37. The average Bonchev–Trinajstić information content (AvgIpc) is 2.22. The number of fused-ring (bicyclic) bond motifs is 1. The van der Waals surface area contributed by atoms with Gasteiger partial charge in [-0.1, -0.05) is 18.2 Å². The highest BCUT2D eigenvalue weighted by Crippen LogP contribution is 2.25. The quantitative estimate of drug-likeness (QED) is 0.771. The Bertz CT molecular complexity index is 417. The predicted molar refractivity (Wildman–Crippen MR) is 53.2 cm³/mol. The number of anilines is 1. The number of nitrogens with zero attached hydrogens (tertiary/aromatic N) is 1. The number of primary amides is 1. The van der Waals surface area contributed by atoms with Gasteiger partial charge in [0.2, 0.25) is 5.91 Å². The van der Waals surface area contributed by atoms with Crippen molar-refractivity contribution in [2.75, 3.05) is 11.4 Å². The number of benzene rings is 1. The van der Waals surface area contributed by atoms with Crippen LogP contribution in [0.25, 0.3) is 0 Å². The summed E-state index contributed by atoms with van der Waals surface area (Å²) in [6, 6.07) is 7.25. The van der Waals surface area contributed by atoms with Crippen LogP contribution >= 0.6 is 0 Å². The van der Waals surface area contributed by atoms with E-state index in [-0.39, 0.29) is 13.2 Å². The van der Waals surface area contributed by atoms with Crippen molar-refractivity contribution >= 4 is 17.7 Å². The van der Waals surface area contributed by atoms with Crippen LogP contribution in [0, 0.1) is 0 Å². The van der Waals surface area contributed by atoms with E-state index in [1.54, 1.807) is 12.1 Å². The second-order valence-electron chi connectivity index (χ2n) is 3.24. The monoisotopic (exact) mass is 206 g/mol. The summed E-state index contributed by atoms with van der Waals surface area (Å²) in [5.74, 6) is -0.566. The van der Waals surface area contributed by atoms with Gasteiger partial charge in [0.1, 0.15) is 13.2 Å². The van der Waals surface area contributed by atoms with Crippen LogP contribution in [0.5, 0.6) is 0 Å². The molecule has 0 spiro atoms. The molecule has 0 aromatic heterocycles. The molecule has 78 valence electrons. The fourth-order valence-corrected chi connectivity index (χ4v) is 1.52. The summed E-state index contributed by atoms with van der Waals surface area (Å²) in [6.07, 6.45) is -0.535. The Morgan fingerprint density at radius 3 is 2.93 bits per heavy atom. The van der Waals surface area contributed by atoms with Gasteiger partial charge in [0.15, 0.2) is 0 Å². The molecule has 0 unspecified atom stereocenters. The van der Waals surface area contributed by atoms with Gasteiger partial charge in [0.25, 0.3) is 0 Å². The molecule has 0 bridgehead atoms. The zero-order valence-electron chi connectivity index (χ0n) is 7.97. The Labute approximate surface area is 86.4 Å². The van der Waals surface area contributed by atoms with E-state index in [0.717, 1.165) is 5.56 Å². The van der Waals surface area contributed by atoms with Gasteiger partial charge in [-0.2, -0.15) is 0 Å². The molecule has 0 fully saturated rings. The topological polar surface area (TPSA) is 72.6 Å². The average molecular weight is 206 g/mol. The first-order valence-corrected chi connectivity index (χ1v) is 4.49. The second-order valence-corrected chi connectivity index (χ2v) is 3.24. The van der Waals surface area contributed by atoms with Gasteiger partial charge in [-0.3, -0.25) is 9.69 Å². The van der Waals surface area contributed by atoms with E-state index in [1.165, 1.54) is 4.90 Å². The van der Waals surface area contributed by atoms with E-state index >= 15 is 0 Å². The molecule has 15 heavy (non-hydrogen) atoms. The maximum atomic E-state index is 11.4. The normalized spacial score (nSPS) is 14.4. The van der Waals surface area contributed by atoms with Crippen LogP contribution in [0.3, 0.4) is 0 Å². The lowest BCUT2D eigenvalue weighted by molar-refractivity contribution is -0.116. The highest BCUT2D eigenvalue weighted by Gasteiger charge is 2.26. The first-order chi connectivity index (χ1) is 7.18. The molecule has 2 amide bonds. The number of cyclic esters (lactones) is 1. The largest absolute Gasteiger partial charge is 0.444 e. The lowest BCUT2D eigenvalue weighted by atomic mass is 10.1. The summed E-state index contributed by atoms with van der Waals surface area (Å²) in [5, 5.41) is 0. The maximum Gasteiger partial charge on any atom is 0.415 e. The van der Waals surface area contributed by atoms with Crippen LogP contribution in [0.2, 0.25) is 0 Å². The summed E-state index contributed by atoms with van der Waals surface area (Å²) < 4.78 is 4.90. The number of amides is 2. The minimum Gasteiger partial charge on any atom is -0.444 e. The first-order valence-electron chi connectivity index (χ1n) is 4.49. The SMILES string of the molecule is NC(=O)CN1C(=O)OCc2ccccc21. The smallest absolute Gasteiger partial charge is 0.415 e. The van der Waals surface area contributed by atoms with E-state index in [2.05, 4.69) is 0 Å². The maximum absolute atomic E-state index is 11.4. The minimum atomic E-state index is -0.566. The van der Waals surface area contributed by atoms with Gasteiger partial charge in [0.05, 0.1) is 5.69 Å². The summed E-state index contributed by atoms with van der Waals surface area (Å²) in [4.78, 5) is 23.4. The van der Waals surface area contributed by atoms with Gasteiger partial charge in [-0.25, -0.2) is 4.79 Å². The second kappa shape index (κ2) is 3.61. The molecule has 0 radical (unpaired) electrons. The molecule has 1 aliphatic heterocycles. The number of nitrogens with two attached hydrogens (primary N) is 1. The van der Waals surface area contributed by atoms with Gasteiger partial charge in [0, 0.05) is 5.56 Å². The van der Waals surface area contributed by atoms with Crippen molar-refractivity contribution in [3.63, 3.8) is 0 Å². The van der Waals surface area contributed by atoms with E-state index in [4.69, 9.17) is 10.5 Å². The standard InChI is InChI=1S/C10H10N2O3/c11-9(13)5-12-8-4-2-1-3-7(8)6-15-10(12)14/h1-4H,5-6H2,(H2,11,13). The van der Waals surface area contributed by atoms with E-state index < -0.39 is 12.0 Å².